The molecular formula is C24H22ClN5O5. The smallest absolute Gasteiger partial charge is 0.271 e. The van der Waals surface area contributed by atoms with Gasteiger partial charge < -0.3 is 23.6 Å². The van der Waals surface area contributed by atoms with Gasteiger partial charge in [0.25, 0.3) is 5.91 Å². The average Bonchev–Trinajstić information content (AvgIpc) is 3.52. The Labute approximate surface area is 205 Å². The van der Waals surface area contributed by atoms with Crippen LogP contribution in [0.5, 0.6) is 17.2 Å². The van der Waals surface area contributed by atoms with Crippen molar-refractivity contribution >= 4 is 17.5 Å². The lowest BCUT2D eigenvalue weighted by atomic mass is 9.99. The van der Waals surface area contributed by atoms with E-state index in [9.17, 15) is 4.79 Å². The molecule has 2 aromatic heterocycles. The third-order valence-electron chi connectivity index (χ3n) is 5.81. The van der Waals surface area contributed by atoms with Crippen molar-refractivity contribution in [3.05, 3.63) is 59.1 Å². The zero-order valence-corrected chi connectivity index (χ0v) is 20.0. The SMILES string of the molecule is COc1cc(-c2cc(C(=O)N3CC(c4nc(-c5cccc(Cl)c5)no4)C3)[nH]n2)cc(OC)c1OC. The number of nitrogens with zero attached hydrogens (tertiary/aromatic N) is 4. The van der Waals surface area contributed by atoms with E-state index in [0.29, 0.717) is 58.5 Å². The summed E-state index contributed by atoms with van der Waals surface area (Å²) in [6.45, 7) is 0.934. The van der Waals surface area contributed by atoms with Gasteiger partial charge in [-0.25, -0.2) is 0 Å². The van der Waals surface area contributed by atoms with Crippen molar-refractivity contribution in [1.82, 2.24) is 25.2 Å². The third kappa shape index (κ3) is 4.28. The van der Waals surface area contributed by atoms with E-state index >= 15 is 0 Å². The van der Waals surface area contributed by atoms with Crippen molar-refractivity contribution in [1.29, 1.82) is 0 Å². The first kappa shape index (κ1) is 22.7. The van der Waals surface area contributed by atoms with Crippen LogP contribution in [0.3, 0.4) is 0 Å². The summed E-state index contributed by atoms with van der Waals surface area (Å²) in [6.07, 6.45) is 0. The average molecular weight is 496 g/mol. The van der Waals surface area contributed by atoms with E-state index in [0.717, 1.165) is 11.1 Å². The number of nitrogens with one attached hydrogen (secondary N) is 1. The summed E-state index contributed by atoms with van der Waals surface area (Å²) in [5, 5.41) is 11.8. The van der Waals surface area contributed by atoms with Gasteiger partial charge in [-0.15, -0.1) is 0 Å². The molecule has 1 aliphatic rings. The molecule has 10 nitrogen and oxygen atoms in total. The Balaban J connectivity index is 1.27. The first-order chi connectivity index (χ1) is 17.0. The first-order valence-electron chi connectivity index (χ1n) is 10.7. The Morgan fingerprint density at radius 2 is 1.80 bits per heavy atom. The number of likely N-dealkylation sites (tertiary alicyclic amines) is 1. The molecule has 35 heavy (non-hydrogen) atoms. The topological polar surface area (TPSA) is 116 Å². The number of aromatic nitrogens is 4. The fourth-order valence-corrected chi connectivity index (χ4v) is 4.12. The van der Waals surface area contributed by atoms with E-state index in [-0.39, 0.29) is 11.8 Å². The summed E-state index contributed by atoms with van der Waals surface area (Å²) in [5.41, 5.74) is 2.44. The Morgan fingerprint density at radius 1 is 1.06 bits per heavy atom. The monoisotopic (exact) mass is 495 g/mol. The summed E-state index contributed by atoms with van der Waals surface area (Å²) >= 11 is 6.04. The zero-order chi connectivity index (χ0) is 24.5. The van der Waals surface area contributed by atoms with E-state index in [2.05, 4.69) is 20.3 Å². The highest BCUT2D eigenvalue weighted by molar-refractivity contribution is 6.30. The van der Waals surface area contributed by atoms with Crippen LogP contribution in [0.1, 0.15) is 22.3 Å². The molecule has 1 amide bonds. The largest absolute Gasteiger partial charge is 0.493 e. The van der Waals surface area contributed by atoms with Gasteiger partial charge in [0.1, 0.15) is 5.69 Å². The number of hydrogen-bond acceptors (Lipinski definition) is 8. The van der Waals surface area contributed by atoms with Crippen LogP contribution in [-0.2, 0) is 0 Å². The Kier molecular flexibility index (Phi) is 6.04. The van der Waals surface area contributed by atoms with E-state index in [1.54, 1.807) is 49.5 Å². The number of halogens is 1. The molecule has 0 saturated carbocycles. The van der Waals surface area contributed by atoms with Crippen LogP contribution in [0.2, 0.25) is 5.02 Å². The molecule has 0 atom stereocenters. The minimum absolute atomic E-state index is 0.0307. The van der Waals surface area contributed by atoms with Gasteiger partial charge in [0.05, 0.1) is 32.9 Å². The fourth-order valence-electron chi connectivity index (χ4n) is 3.92. The molecule has 0 radical (unpaired) electrons. The van der Waals surface area contributed by atoms with Gasteiger partial charge in [-0.05, 0) is 30.3 Å². The van der Waals surface area contributed by atoms with Crippen molar-refractivity contribution in [2.45, 2.75) is 5.92 Å². The van der Waals surface area contributed by atoms with Crippen LogP contribution in [-0.4, -0.2) is 65.6 Å². The van der Waals surface area contributed by atoms with E-state index in [1.807, 2.05) is 12.1 Å². The quantitative estimate of drug-likeness (QED) is 0.408. The third-order valence-corrected chi connectivity index (χ3v) is 6.05. The first-order valence-corrected chi connectivity index (χ1v) is 11.1. The van der Waals surface area contributed by atoms with Gasteiger partial charge >= 0.3 is 0 Å². The van der Waals surface area contributed by atoms with Crippen LogP contribution in [0.15, 0.2) is 47.0 Å². The maximum atomic E-state index is 13.0. The molecule has 180 valence electrons. The molecule has 0 unspecified atom stereocenters. The number of aromatic amines is 1. The second-order valence-electron chi connectivity index (χ2n) is 7.95. The number of carbonyl (C=O) groups excluding carboxylic acids is 1. The fraction of sp³-hybridized carbons (Fsp3) is 0.250. The van der Waals surface area contributed by atoms with Crippen molar-refractivity contribution in [2.24, 2.45) is 0 Å². The van der Waals surface area contributed by atoms with E-state index in [1.165, 1.54) is 7.11 Å². The zero-order valence-electron chi connectivity index (χ0n) is 19.2. The van der Waals surface area contributed by atoms with Gasteiger partial charge in [0, 0.05) is 29.2 Å². The Bertz CT molecular complexity index is 1350. The molecule has 0 aliphatic carbocycles. The number of H-pyrrole nitrogens is 1. The number of carbonyl (C=O) groups is 1. The van der Waals surface area contributed by atoms with Gasteiger partial charge in [-0.3, -0.25) is 9.89 Å². The lowest BCUT2D eigenvalue weighted by molar-refractivity contribution is 0.0563. The highest BCUT2D eigenvalue weighted by Crippen LogP contribution is 2.41. The summed E-state index contributed by atoms with van der Waals surface area (Å²) in [7, 11) is 4.63. The van der Waals surface area contributed by atoms with Crippen molar-refractivity contribution in [3.63, 3.8) is 0 Å². The molecule has 1 saturated heterocycles. The number of benzene rings is 2. The van der Waals surface area contributed by atoms with Gasteiger partial charge in [0.2, 0.25) is 17.5 Å². The highest BCUT2D eigenvalue weighted by atomic mass is 35.5. The molecule has 1 aliphatic heterocycles. The summed E-state index contributed by atoms with van der Waals surface area (Å²) in [5.74, 6) is 2.25. The lowest BCUT2D eigenvalue weighted by Gasteiger charge is -2.36. The number of rotatable bonds is 7. The second kappa shape index (κ2) is 9.30. The molecule has 5 rings (SSSR count). The molecule has 11 heteroatoms. The normalized spacial score (nSPS) is 13.4. The lowest BCUT2D eigenvalue weighted by Crippen LogP contribution is -2.48. The molecule has 1 N–H and O–H groups in total. The van der Waals surface area contributed by atoms with Gasteiger partial charge in [0.15, 0.2) is 11.5 Å². The second-order valence-corrected chi connectivity index (χ2v) is 8.39. The number of ether oxygens (including phenoxy) is 3. The van der Waals surface area contributed by atoms with Crippen LogP contribution < -0.4 is 14.2 Å². The molecule has 2 aromatic carbocycles. The van der Waals surface area contributed by atoms with Crippen LogP contribution in [0.4, 0.5) is 0 Å². The van der Waals surface area contributed by atoms with E-state index in [4.69, 9.17) is 30.3 Å². The maximum absolute atomic E-state index is 13.0. The van der Waals surface area contributed by atoms with Crippen molar-refractivity contribution in [2.75, 3.05) is 34.4 Å². The number of amides is 1. The van der Waals surface area contributed by atoms with Crippen LogP contribution in [0.25, 0.3) is 22.6 Å². The van der Waals surface area contributed by atoms with Gasteiger partial charge in [-0.2, -0.15) is 10.1 Å². The van der Waals surface area contributed by atoms with E-state index < -0.39 is 0 Å². The molecule has 0 bridgehead atoms. The van der Waals surface area contributed by atoms with Crippen LogP contribution >= 0.6 is 11.6 Å². The summed E-state index contributed by atoms with van der Waals surface area (Å²) < 4.78 is 21.6. The number of hydrogen-bond donors (Lipinski definition) is 1. The van der Waals surface area contributed by atoms with Gasteiger partial charge in [-0.1, -0.05) is 28.9 Å². The molecule has 0 spiro atoms. The van der Waals surface area contributed by atoms with Crippen LogP contribution in [0, 0.1) is 0 Å². The molecule has 3 heterocycles. The highest BCUT2D eigenvalue weighted by Gasteiger charge is 2.36. The molecule has 4 aromatic rings. The Hall–Kier alpha value is -4.05. The predicted molar refractivity (Wildman–Crippen MR) is 127 cm³/mol. The predicted octanol–water partition coefficient (Wildman–Crippen LogP) is 4.05. The standard InChI is InChI=1S/C24H22ClN5O5/c1-32-19-8-14(9-20(33-2)21(19)34-3)17-10-18(28-27-17)24(31)30-11-15(12-30)23-26-22(29-35-23)13-5-4-6-16(25)7-13/h4-10,15H,11-12H2,1-3H3,(H,27,28). The van der Waals surface area contributed by atoms with Crippen molar-refractivity contribution < 1.29 is 23.5 Å². The minimum atomic E-state index is -0.165. The van der Waals surface area contributed by atoms with Crippen molar-refractivity contribution in [3.8, 4) is 39.9 Å². The number of methoxy groups -OCH3 is 3. The summed E-state index contributed by atoms with van der Waals surface area (Å²) in [6, 6.07) is 12.5. The summed E-state index contributed by atoms with van der Waals surface area (Å²) in [4.78, 5) is 19.1. The molecule has 1 fully saturated rings. The molecular weight excluding hydrogens is 474 g/mol. The Morgan fingerprint density at radius 3 is 2.46 bits per heavy atom. The maximum Gasteiger partial charge on any atom is 0.271 e. The minimum Gasteiger partial charge on any atom is -0.493 e.